The normalized spacial score (nSPS) is 11.4. The largest absolute Gasteiger partial charge is 0.464 e. The predicted octanol–water partition coefficient (Wildman–Crippen LogP) is 3.64. The number of hydrogen-bond acceptors (Lipinski definition) is 7. The Hall–Kier alpha value is -2.12. The second-order valence-electron chi connectivity index (χ2n) is 6.59. The van der Waals surface area contributed by atoms with E-state index in [1.54, 1.807) is 6.33 Å². The molecule has 0 bridgehead atoms. The maximum absolute atomic E-state index is 5.83. The van der Waals surface area contributed by atoms with Crippen LogP contribution in [-0.4, -0.2) is 46.2 Å². The summed E-state index contributed by atoms with van der Waals surface area (Å²) in [6.07, 6.45) is 1.57. The Morgan fingerprint density at radius 1 is 1.15 bits per heavy atom. The van der Waals surface area contributed by atoms with Crippen molar-refractivity contribution >= 4 is 28.6 Å². The molecular formula is C19H25N5OS. The van der Waals surface area contributed by atoms with E-state index in [-0.39, 0.29) is 0 Å². The van der Waals surface area contributed by atoms with Gasteiger partial charge < -0.3 is 14.6 Å². The lowest BCUT2D eigenvalue weighted by Crippen LogP contribution is -2.09. The number of thioether (sulfide) groups is 1. The van der Waals surface area contributed by atoms with E-state index in [9.17, 15) is 0 Å². The van der Waals surface area contributed by atoms with Gasteiger partial charge in [-0.05, 0) is 51.7 Å². The molecule has 3 aromatic heterocycles. The van der Waals surface area contributed by atoms with Gasteiger partial charge in [-0.25, -0.2) is 15.0 Å². The van der Waals surface area contributed by atoms with Crippen LogP contribution in [0.15, 0.2) is 28.9 Å². The van der Waals surface area contributed by atoms with Gasteiger partial charge in [0, 0.05) is 18.0 Å². The lowest BCUT2D eigenvalue weighted by molar-refractivity contribution is 0.344. The van der Waals surface area contributed by atoms with E-state index in [1.165, 1.54) is 0 Å². The molecule has 6 nitrogen and oxygen atoms in total. The smallest absolute Gasteiger partial charge is 0.165 e. The van der Waals surface area contributed by atoms with Gasteiger partial charge >= 0.3 is 0 Å². The molecule has 0 radical (unpaired) electrons. The lowest BCUT2D eigenvalue weighted by atomic mass is 10.1. The zero-order chi connectivity index (χ0) is 18.5. The van der Waals surface area contributed by atoms with Gasteiger partial charge in [-0.1, -0.05) is 0 Å². The average molecular weight is 372 g/mol. The molecule has 0 unspecified atom stereocenters. The summed E-state index contributed by atoms with van der Waals surface area (Å²) in [6.45, 7) is 5.72. The minimum atomic E-state index is 0.747. The Bertz CT molecular complexity index is 877. The molecule has 0 fully saturated rings. The molecule has 26 heavy (non-hydrogen) atoms. The van der Waals surface area contributed by atoms with Crippen LogP contribution in [0.25, 0.3) is 11.0 Å². The summed E-state index contributed by atoms with van der Waals surface area (Å²) < 4.78 is 5.83. The zero-order valence-electron chi connectivity index (χ0n) is 15.7. The summed E-state index contributed by atoms with van der Waals surface area (Å²) in [6, 6.07) is 6.18. The molecule has 138 valence electrons. The van der Waals surface area contributed by atoms with Crippen molar-refractivity contribution in [3.05, 3.63) is 47.3 Å². The SMILES string of the molecule is Cc1cc(C)c2c(NCCSCc3ccc(CN(C)C)o3)ncnc2n1. The first-order valence-electron chi connectivity index (χ1n) is 8.66. The van der Waals surface area contributed by atoms with Crippen LogP contribution >= 0.6 is 11.8 Å². The minimum absolute atomic E-state index is 0.747. The molecule has 1 N–H and O–H groups in total. The molecule has 3 aromatic rings. The maximum atomic E-state index is 5.83. The number of anilines is 1. The number of nitrogens with zero attached hydrogens (tertiary/aromatic N) is 4. The summed E-state index contributed by atoms with van der Waals surface area (Å²) in [5.74, 6) is 4.73. The van der Waals surface area contributed by atoms with Gasteiger partial charge in [0.1, 0.15) is 23.7 Å². The number of furan rings is 1. The number of aryl methyl sites for hydroxylation is 2. The number of rotatable bonds is 8. The maximum Gasteiger partial charge on any atom is 0.165 e. The fraction of sp³-hybridized carbons (Fsp3) is 0.421. The van der Waals surface area contributed by atoms with Crippen LogP contribution in [0, 0.1) is 13.8 Å². The third kappa shape index (κ3) is 4.74. The molecule has 0 atom stereocenters. The standard InChI is InChI=1S/C19H25N5OS/c1-13-9-14(2)23-19-17(13)18(21-12-22-19)20-7-8-26-11-16-6-5-15(25-16)10-24(3)4/h5-6,9,12H,7-8,10-11H2,1-4H3,(H,20,21,22,23). The van der Waals surface area contributed by atoms with Gasteiger partial charge in [0.2, 0.25) is 0 Å². The third-order valence-corrected chi connectivity index (χ3v) is 4.88. The quantitative estimate of drug-likeness (QED) is 0.606. The van der Waals surface area contributed by atoms with Gasteiger partial charge in [0.05, 0.1) is 17.7 Å². The van der Waals surface area contributed by atoms with Crippen molar-refractivity contribution in [2.45, 2.75) is 26.1 Å². The van der Waals surface area contributed by atoms with Crippen LogP contribution in [0.5, 0.6) is 0 Å². The van der Waals surface area contributed by atoms with Crippen molar-refractivity contribution in [3.63, 3.8) is 0 Å². The summed E-state index contributed by atoms with van der Waals surface area (Å²) in [7, 11) is 4.08. The molecule has 0 amide bonds. The summed E-state index contributed by atoms with van der Waals surface area (Å²) in [5.41, 5.74) is 2.87. The number of aromatic nitrogens is 3. The molecule has 3 heterocycles. The highest BCUT2D eigenvalue weighted by Crippen LogP contribution is 2.22. The molecule has 0 aliphatic rings. The van der Waals surface area contributed by atoms with Crippen molar-refractivity contribution < 1.29 is 4.42 Å². The third-order valence-electron chi connectivity index (χ3n) is 3.90. The Morgan fingerprint density at radius 2 is 1.96 bits per heavy atom. The van der Waals surface area contributed by atoms with Gasteiger partial charge in [-0.15, -0.1) is 0 Å². The van der Waals surface area contributed by atoms with Crippen molar-refractivity contribution in [1.82, 2.24) is 19.9 Å². The van der Waals surface area contributed by atoms with Crippen LogP contribution in [0.2, 0.25) is 0 Å². The van der Waals surface area contributed by atoms with E-state index < -0.39 is 0 Å². The fourth-order valence-corrected chi connectivity index (χ4v) is 3.60. The Morgan fingerprint density at radius 3 is 2.77 bits per heavy atom. The van der Waals surface area contributed by atoms with Gasteiger partial charge in [0.25, 0.3) is 0 Å². The van der Waals surface area contributed by atoms with Crippen LogP contribution in [0.4, 0.5) is 5.82 Å². The molecular weight excluding hydrogens is 346 g/mol. The first-order valence-corrected chi connectivity index (χ1v) is 9.81. The average Bonchev–Trinajstić information content (AvgIpc) is 3.00. The van der Waals surface area contributed by atoms with Crippen LogP contribution in [0.1, 0.15) is 22.8 Å². The molecule has 3 rings (SSSR count). The van der Waals surface area contributed by atoms with Crippen molar-refractivity contribution in [2.75, 3.05) is 31.7 Å². The van der Waals surface area contributed by atoms with E-state index in [2.05, 4.69) is 50.3 Å². The second kappa shape index (κ2) is 8.51. The number of fused-ring (bicyclic) bond motifs is 1. The van der Waals surface area contributed by atoms with E-state index in [1.807, 2.05) is 32.8 Å². The van der Waals surface area contributed by atoms with Gasteiger partial charge in [-0.3, -0.25) is 0 Å². The fourth-order valence-electron chi connectivity index (χ4n) is 2.85. The molecule has 0 aromatic carbocycles. The van der Waals surface area contributed by atoms with Crippen LogP contribution in [0.3, 0.4) is 0 Å². The van der Waals surface area contributed by atoms with Crippen molar-refractivity contribution in [2.24, 2.45) is 0 Å². The number of pyridine rings is 1. The summed E-state index contributed by atoms with van der Waals surface area (Å²) in [4.78, 5) is 15.3. The molecule has 0 spiro atoms. The molecule has 7 heteroatoms. The summed E-state index contributed by atoms with van der Waals surface area (Å²) in [5, 5.41) is 4.42. The van der Waals surface area contributed by atoms with E-state index in [4.69, 9.17) is 4.42 Å². The number of hydrogen-bond donors (Lipinski definition) is 1. The highest BCUT2D eigenvalue weighted by molar-refractivity contribution is 7.98. The zero-order valence-corrected chi connectivity index (χ0v) is 16.6. The Kier molecular flexibility index (Phi) is 6.11. The minimum Gasteiger partial charge on any atom is -0.464 e. The lowest BCUT2D eigenvalue weighted by Gasteiger charge is -2.10. The van der Waals surface area contributed by atoms with Crippen LogP contribution in [-0.2, 0) is 12.3 Å². The monoisotopic (exact) mass is 371 g/mol. The molecule has 0 aliphatic carbocycles. The Balaban J connectivity index is 1.51. The second-order valence-corrected chi connectivity index (χ2v) is 7.69. The van der Waals surface area contributed by atoms with Gasteiger partial charge in [0.15, 0.2) is 5.65 Å². The number of nitrogens with one attached hydrogen (secondary N) is 1. The first-order chi connectivity index (χ1) is 12.5. The van der Waals surface area contributed by atoms with E-state index in [0.29, 0.717) is 0 Å². The highest BCUT2D eigenvalue weighted by atomic mass is 32.2. The van der Waals surface area contributed by atoms with Crippen molar-refractivity contribution in [1.29, 1.82) is 0 Å². The van der Waals surface area contributed by atoms with Gasteiger partial charge in [-0.2, -0.15) is 11.8 Å². The van der Waals surface area contributed by atoms with Crippen LogP contribution < -0.4 is 5.32 Å². The highest BCUT2D eigenvalue weighted by Gasteiger charge is 2.08. The molecule has 0 aliphatic heterocycles. The summed E-state index contributed by atoms with van der Waals surface area (Å²) >= 11 is 1.84. The van der Waals surface area contributed by atoms with E-state index >= 15 is 0 Å². The molecule has 0 saturated heterocycles. The van der Waals surface area contributed by atoms with E-state index in [0.717, 1.165) is 64.2 Å². The Labute approximate surface area is 158 Å². The topological polar surface area (TPSA) is 67.1 Å². The molecule has 0 saturated carbocycles. The predicted molar refractivity (Wildman–Crippen MR) is 108 cm³/mol. The first kappa shape index (κ1) is 18.7. The van der Waals surface area contributed by atoms with Crippen molar-refractivity contribution in [3.8, 4) is 0 Å².